The number of carbonyl (C=O) groups excluding carboxylic acids is 5. The van der Waals surface area contributed by atoms with Crippen LogP contribution in [-0.2, 0) is 32.2 Å². The Labute approximate surface area is 239 Å². The van der Waals surface area contributed by atoms with Crippen molar-refractivity contribution in [3.8, 4) is 0 Å². The fourth-order valence-corrected chi connectivity index (χ4v) is 5.02. The van der Waals surface area contributed by atoms with Crippen LogP contribution in [0.4, 0.5) is 5.69 Å². The molecule has 12 nitrogen and oxygen atoms in total. The minimum Gasteiger partial charge on any atom is -0.460 e. The number of hydrogen-bond donors (Lipinski definition) is 2. The van der Waals surface area contributed by atoms with E-state index in [0.717, 1.165) is 50.0 Å². The molecule has 12 heteroatoms. The van der Waals surface area contributed by atoms with E-state index < -0.39 is 35.3 Å². The van der Waals surface area contributed by atoms with Crippen molar-refractivity contribution in [3.63, 3.8) is 0 Å². The second-order valence-electron chi connectivity index (χ2n) is 11.5. The van der Waals surface area contributed by atoms with Crippen LogP contribution in [0.2, 0.25) is 0 Å². The number of amides is 4. The zero-order valence-corrected chi connectivity index (χ0v) is 23.9. The number of aryl methyl sites for hydroxylation is 1. The van der Waals surface area contributed by atoms with E-state index in [2.05, 4.69) is 20.9 Å². The van der Waals surface area contributed by atoms with Crippen LogP contribution in [0.5, 0.6) is 0 Å². The number of hydrogen-bond acceptors (Lipinski definition) is 9. The molecule has 41 heavy (non-hydrogen) atoms. The SMILES string of the molecule is CC(C)(C)OC(=O)CCCCCCCCn1cc(CNc2cccc3c2C(=O)N(C2CCC(=O)NC2=O)C3=O)nn1. The Hall–Kier alpha value is -4.09. The number of benzene rings is 1. The minimum absolute atomic E-state index is 0.0699. The Balaban J connectivity index is 1.20. The molecule has 2 aliphatic heterocycles. The van der Waals surface area contributed by atoms with Gasteiger partial charge in [0.1, 0.15) is 17.3 Å². The summed E-state index contributed by atoms with van der Waals surface area (Å²) in [4.78, 5) is 62.8. The van der Waals surface area contributed by atoms with Crippen molar-refractivity contribution in [1.29, 1.82) is 0 Å². The number of esters is 1. The highest BCUT2D eigenvalue weighted by Crippen LogP contribution is 2.32. The number of nitrogens with one attached hydrogen (secondary N) is 2. The number of imide groups is 2. The van der Waals surface area contributed by atoms with Crippen LogP contribution in [-0.4, -0.2) is 61.1 Å². The first-order chi connectivity index (χ1) is 19.5. The van der Waals surface area contributed by atoms with Crippen molar-refractivity contribution < 1.29 is 28.7 Å². The number of nitrogens with zero attached hydrogens (tertiary/aromatic N) is 4. The molecule has 0 aliphatic carbocycles. The summed E-state index contributed by atoms with van der Waals surface area (Å²) >= 11 is 0. The van der Waals surface area contributed by atoms with E-state index in [1.165, 1.54) is 0 Å². The van der Waals surface area contributed by atoms with Gasteiger partial charge in [0.25, 0.3) is 11.8 Å². The first-order valence-electron chi connectivity index (χ1n) is 14.2. The van der Waals surface area contributed by atoms with Gasteiger partial charge in [-0.1, -0.05) is 37.0 Å². The number of anilines is 1. The Kier molecular flexibility index (Phi) is 9.51. The van der Waals surface area contributed by atoms with Crippen LogP contribution in [0, 0.1) is 0 Å². The van der Waals surface area contributed by atoms with Crippen LogP contribution in [0.3, 0.4) is 0 Å². The molecule has 4 rings (SSSR count). The minimum atomic E-state index is -1.01. The molecule has 1 saturated heterocycles. The van der Waals surface area contributed by atoms with E-state index in [0.29, 0.717) is 24.3 Å². The Morgan fingerprint density at radius 3 is 2.51 bits per heavy atom. The maximum absolute atomic E-state index is 13.2. The third-order valence-corrected chi connectivity index (χ3v) is 6.95. The van der Waals surface area contributed by atoms with Gasteiger partial charge >= 0.3 is 5.97 Å². The topological polar surface area (TPSA) is 153 Å². The molecule has 1 aromatic carbocycles. The number of rotatable bonds is 13. The number of ether oxygens (including phenoxy) is 1. The van der Waals surface area contributed by atoms with E-state index in [1.54, 1.807) is 22.9 Å². The van der Waals surface area contributed by atoms with E-state index in [9.17, 15) is 24.0 Å². The molecule has 0 spiro atoms. The van der Waals surface area contributed by atoms with Gasteiger partial charge in [-0.2, -0.15) is 0 Å². The molecule has 1 fully saturated rings. The predicted molar refractivity (Wildman–Crippen MR) is 149 cm³/mol. The molecule has 1 unspecified atom stereocenters. The lowest BCUT2D eigenvalue weighted by Crippen LogP contribution is -2.54. The molecule has 1 atom stereocenters. The fraction of sp³-hybridized carbons (Fsp3) is 0.552. The summed E-state index contributed by atoms with van der Waals surface area (Å²) < 4.78 is 7.11. The first-order valence-corrected chi connectivity index (χ1v) is 14.2. The zero-order chi connectivity index (χ0) is 29.6. The molecule has 0 saturated carbocycles. The summed E-state index contributed by atoms with van der Waals surface area (Å²) in [5, 5.41) is 13.8. The largest absolute Gasteiger partial charge is 0.460 e. The lowest BCUT2D eigenvalue weighted by atomic mass is 10.0. The second kappa shape index (κ2) is 13.0. The van der Waals surface area contributed by atoms with Crippen LogP contribution in [0.1, 0.15) is 105 Å². The normalized spacial score (nSPS) is 17.0. The van der Waals surface area contributed by atoms with Gasteiger partial charge in [-0.15, -0.1) is 5.10 Å². The molecule has 0 bridgehead atoms. The van der Waals surface area contributed by atoms with E-state index in [-0.39, 0.29) is 29.9 Å². The van der Waals surface area contributed by atoms with Crippen molar-refractivity contribution in [2.75, 3.05) is 5.32 Å². The molecule has 2 N–H and O–H groups in total. The summed E-state index contributed by atoms with van der Waals surface area (Å²) in [6, 6.07) is 3.93. The summed E-state index contributed by atoms with van der Waals surface area (Å²) in [5.41, 5.74) is 1.15. The lowest BCUT2D eigenvalue weighted by molar-refractivity contribution is -0.155. The molecule has 4 amide bonds. The monoisotopic (exact) mass is 566 g/mol. The van der Waals surface area contributed by atoms with Gasteiger partial charge in [-0.3, -0.25) is 38.9 Å². The first kappa shape index (κ1) is 29.9. The predicted octanol–water partition coefficient (Wildman–Crippen LogP) is 3.36. The van der Waals surface area contributed by atoms with Gasteiger partial charge in [0.15, 0.2) is 0 Å². The number of unbranched alkanes of at least 4 members (excludes halogenated alkanes) is 5. The fourth-order valence-electron chi connectivity index (χ4n) is 5.02. The summed E-state index contributed by atoms with van der Waals surface area (Å²) in [5.74, 6) is -2.29. The Morgan fingerprint density at radius 2 is 1.78 bits per heavy atom. The maximum Gasteiger partial charge on any atom is 0.306 e. The van der Waals surface area contributed by atoms with Crippen molar-refractivity contribution in [2.24, 2.45) is 0 Å². The number of carbonyl (C=O) groups is 5. The van der Waals surface area contributed by atoms with Gasteiger partial charge in [0, 0.05) is 25.1 Å². The van der Waals surface area contributed by atoms with Crippen molar-refractivity contribution in [2.45, 2.75) is 103 Å². The average Bonchev–Trinajstić information content (AvgIpc) is 3.46. The van der Waals surface area contributed by atoms with E-state index >= 15 is 0 Å². The highest BCUT2D eigenvalue weighted by Gasteiger charge is 2.45. The van der Waals surface area contributed by atoms with Crippen molar-refractivity contribution >= 4 is 35.3 Å². The summed E-state index contributed by atoms with van der Waals surface area (Å²) in [7, 11) is 0. The third-order valence-electron chi connectivity index (χ3n) is 6.95. The smallest absolute Gasteiger partial charge is 0.306 e. The molecule has 1 aromatic heterocycles. The molecule has 2 aliphatic rings. The van der Waals surface area contributed by atoms with Crippen LogP contribution < -0.4 is 10.6 Å². The summed E-state index contributed by atoms with van der Waals surface area (Å²) in [6.07, 6.45) is 8.49. The Morgan fingerprint density at radius 1 is 1.05 bits per heavy atom. The second-order valence-corrected chi connectivity index (χ2v) is 11.5. The Bertz CT molecular complexity index is 1310. The van der Waals surface area contributed by atoms with Crippen LogP contribution in [0.15, 0.2) is 24.4 Å². The van der Waals surface area contributed by atoms with Crippen molar-refractivity contribution in [1.82, 2.24) is 25.2 Å². The van der Waals surface area contributed by atoms with Gasteiger partial charge in [-0.05, 0) is 52.2 Å². The summed E-state index contributed by atoms with van der Waals surface area (Å²) in [6.45, 7) is 6.66. The molecule has 3 heterocycles. The number of piperidine rings is 1. The average molecular weight is 567 g/mol. The van der Waals surface area contributed by atoms with Crippen molar-refractivity contribution in [3.05, 3.63) is 41.2 Å². The highest BCUT2D eigenvalue weighted by atomic mass is 16.6. The van der Waals surface area contributed by atoms with Gasteiger partial charge < -0.3 is 10.1 Å². The van der Waals surface area contributed by atoms with Gasteiger partial charge in [0.2, 0.25) is 11.8 Å². The quantitative estimate of drug-likeness (QED) is 0.211. The standard InChI is InChI=1S/C29H38N6O6/c1-29(2,3)41-24(37)13-8-6-4-5-7-9-16-34-18-19(32-33-34)17-30-21-12-10-11-20-25(21)28(40)35(27(20)39)22-14-15-23(36)31-26(22)38/h10-12,18,22,30H,4-9,13-17H2,1-3H3,(H,31,36,38). The van der Waals surface area contributed by atoms with Crippen LogP contribution in [0.25, 0.3) is 0 Å². The molecule has 220 valence electrons. The van der Waals surface area contributed by atoms with Gasteiger partial charge in [0.05, 0.1) is 23.9 Å². The number of fused-ring (bicyclic) bond motifs is 1. The molecule has 0 radical (unpaired) electrons. The lowest BCUT2D eigenvalue weighted by Gasteiger charge is -2.27. The maximum atomic E-state index is 13.2. The molecular formula is C29H38N6O6. The van der Waals surface area contributed by atoms with Gasteiger partial charge in [-0.25, -0.2) is 0 Å². The molecular weight excluding hydrogens is 528 g/mol. The third kappa shape index (κ3) is 7.77. The molecule has 2 aromatic rings. The zero-order valence-electron chi connectivity index (χ0n) is 23.9. The number of aromatic nitrogens is 3. The van der Waals surface area contributed by atoms with Crippen LogP contribution >= 0.6 is 0 Å². The highest BCUT2D eigenvalue weighted by molar-refractivity contribution is 6.25. The van der Waals surface area contributed by atoms with E-state index in [1.807, 2.05) is 27.0 Å². The van der Waals surface area contributed by atoms with E-state index in [4.69, 9.17) is 4.74 Å².